The van der Waals surface area contributed by atoms with Crippen LogP contribution in [-0.4, -0.2) is 35.5 Å². The molecule has 0 saturated heterocycles. The first kappa shape index (κ1) is 13.6. The number of imidazole rings is 1. The van der Waals surface area contributed by atoms with Crippen molar-refractivity contribution in [3.8, 4) is 5.69 Å². The first-order valence-electron chi connectivity index (χ1n) is 6.79. The van der Waals surface area contributed by atoms with Gasteiger partial charge in [0, 0.05) is 18.1 Å². The van der Waals surface area contributed by atoms with Gasteiger partial charge in [-0.25, -0.2) is 9.67 Å². The topological polar surface area (TPSA) is 90.0 Å². The van der Waals surface area contributed by atoms with E-state index in [0.717, 1.165) is 16.3 Å². The van der Waals surface area contributed by atoms with E-state index in [4.69, 9.17) is 0 Å². The lowest BCUT2D eigenvalue weighted by atomic mass is 10.2. The van der Waals surface area contributed by atoms with Crippen LogP contribution in [0.15, 0.2) is 43.0 Å². The number of thiazole rings is 1. The van der Waals surface area contributed by atoms with E-state index < -0.39 is 0 Å². The molecular weight excluding hydrogens is 314 g/mol. The zero-order valence-corrected chi connectivity index (χ0v) is 12.9. The highest BCUT2D eigenvalue weighted by atomic mass is 32.1. The van der Waals surface area contributed by atoms with Crippen LogP contribution in [-0.2, 0) is 0 Å². The standard InChI is InChI=1S/C14H11N7OS/c1-9-6-20-7-12(23-14(20)16-9)13(22)17-10-3-2-4-11(5-10)21-8-15-18-19-21/h2-8H,1H3,(H,17,22). The summed E-state index contributed by atoms with van der Waals surface area (Å²) in [4.78, 5) is 18.1. The normalized spacial score (nSPS) is 11.0. The maximum Gasteiger partial charge on any atom is 0.267 e. The second-order valence-electron chi connectivity index (χ2n) is 4.93. The minimum atomic E-state index is -0.174. The van der Waals surface area contributed by atoms with Crippen molar-refractivity contribution >= 4 is 27.9 Å². The van der Waals surface area contributed by atoms with E-state index in [-0.39, 0.29) is 5.91 Å². The number of hydrogen-bond acceptors (Lipinski definition) is 6. The number of amides is 1. The molecule has 0 aliphatic heterocycles. The number of carbonyl (C=O) groups excluding carboxylic acids is 1. The Morgan fingerprint density at radius 2 is 2.22 bits per heavy atom. The maximum absolute atomic E-state index is 12.4. The Bertz CT molecular complexity index is 954. The zero-order valence-electron chi connectivity index (χ0n) is 12.0. The monoisotopic (exact) mass is 325 g/mol. The average molecular weight is 325 g/mol. The summed E-state index contributed by atoms with van der Waals surface area (Å²) in [5.41, 5.74) is 2.37. The largest absolute Gasteiger partial charge is 0.321 e. The minimum Gasteiger partial charge on any atom is -0.321 e. The summed E-state index contributed by atoms with van der Waals surface area (Å²) in [5, 5.41) is 13.9. The van der Waals surface area contributed by atoms with Crippen molar-refractivity contribution < 1.29 is 4.79 Å². The van der Waals surface area contributed by atoms with Gasteiger partial charge >= 0.3 is 0 Å². The number of benzene rings is 1. The quantitative estimate of drug-likeness (QED) is 0.621. The van der Waals surface area contributed by atoms with Crippen LogP contribution in [0.3, 0.4) is 0 Å². The number of tetrazole rings is 1. The molecule has 1 N–H and O–H groups in total. The van der Waals surface area contributed by atoms with Crippen LogP contribution < -0.4 is 5.32 Å². The van der Waals surface area contributed by atoms with Crippen LogP contribution in [0, 0.1) is 6.92 Å². The maximum atomic E-state index is 12.4. The highest BCUT2D eigenvalue weighted by Crippen LogP contribution is 2.20. The molecule has 0 fully saturated rings. The van der Waals surface area contributed by atoms with Crippen molar-refractivity contribution in [3.05, 3.63) is 53.6 Å². The van der Waals surface area contributed by atoms with Crippen molar-refractivity contribution in [2.45, 2.75) is 6.92 Å². The molecule has 114 valence electrons. The zero-order chi connectivity index (χ0) is 15.8. The summed E-state index contributed by atoms with van der Waals surface area (Å²) in [6, 6.07) is 7.30. The lowest BCUT2D eigenvalue weighted by Crippen LogP contribution is -2.10. The fraction of sp³-hybridized carbons (Fsp3) is 0.0714. The van der Waals surface area contributed by atoms with Gasteiger partial charge in [-0.05, 0) is 35.5 Å². The molecule has 0 bridgehead atoms. The molecule has 4 rings (SSSR count). The van der Waals surface area contributed by atoms with Gasteiger partial charge in [-0.1, -0.05) is 17.4 Å². The van der Waals surface area contributed by atoms with Gasteiger partial charge in [0.15, 0.2) is 4.96 Å². The van der Waals surface area contributed by atoms with Crippen molar-refractivity contribution in [1.82, 2.24) is 29.6 Å². The number of nitrogens with zero attached hydrogens (tertiary/aromatic N) is 6. The van der Waals surface area contributed by atoms with Crippen molar-refractivity contribution in [1.29, 1.82) is 0 Å². The first-order valence-corrected chi connectivity index (χ1v) is 7.60. The molecule has 3 heterocycles. The number of carbonyl (C=O) groups is 1. The molecule has 3 aromatic heterocycles. The van der Waals surface area contributed by atoms with Gasteiger partial charge in [0.2, 0.25) is 0 Å². The number of anilines is 1. The molecule has 0 aliphatic rings. The fourth-order valence-corrected chi connectivity index (χ4v) is 3.12. The van der Waals surface area contributed by atoms with E-state index in [2.05, 4.69) is 25.8 Å². The van der Waals surface area contributed by atoms with E-state index in [1.54, 1.807) is 12.3 Å². The number of aryl methyl sites for hydroxylation is 1. The Kier molecular flexibility index (Phi) is 3.12. The molecule has 8 nitrogen and oxygen atoms in total. The van der Waals surface area contributed by atoms with Crippen molar-refractivity contribution in [2.24, 2.45) is 0 Å². The highest BCUT2D eigenvalue weighted by Gasteiger charge is 2.12. The number of rotatable bonds is 3. The number of nitrogens with one attached hydrogen (secondary N) is 1. The smallest absolute Gasteiger partial charge is 0.267 e. The van der Waals surface area contributed by atoms with Gasteiger partial charge in [0.05, 0.1) is 11.4 Å². The van der Waals surface area contributed by atoms with Gasteiger partial charge in [-0.15, -0.1) is 5.10 Å². The third-order valence-electron chi connectivity index (χ3n) is 3.22. The SMILES string of the molecule is Cc1cn2cc(C(=O)Nc3cccc(-n4cnnn4)c3)sc2n1. The molecule has 0 radical (unpaired) electrons. The lowest BCUT2D eigenvalue weighted by Gasteiger charge is -2.05. The summed E-state index contributed by atoms with van der Waals surface area (Å²) < 4.78 is 3.38. The second-order valence-corrected chi connectivity index (χ2v) is 5.94. The van der Waals surface area contributed by atoms with Crippen LogP contribution in [0.25, 0.3) is 10.6 Å². The molecule has 0 spiro atoms. The molecule has 0 atom stereocenters. The third kappa shape index (κ3) is 2.57. The van der Waals surface area contributed by atoms with Crippen molar-refractivity contribution in [2.75, 3.05) is 5.32 Å². The third-order valence-corrected chi connectivity index (χ3v) is 4.21. The van der Waals surface area contributed by atoms with Gasteiger partial charge in [-0.2, -0.15) is 0 Å². The summed E-state index contributed by atoms with van der Waals surface area (Å²) in [7, 11) is 0. The predicted octanol–water partition coefficient (Wildman–Crippen LogP) is 1.93. The van der Waals surface area contributed by atoms with E-state index >= 15 is 0 Å². The van der Waals surface area contributed by atoms with E-state index in [1.165, 1.54) is 22.3 Å². The summed E-state index contributed by atoms with van der Waals surface area (Å²) in [6.45, 7) is 1.92. The minimum absolute atomic E-state index is 0.174. The summed E-state index contributed by atoms with van der Waals surface area (Å²) in [6.07, 6.45) is 5.17. The van der Waals surface area contributed by atoms with E-state index in [0.29, 0.717) is 10.6 Å². The Morgan fingerprint density at radius 1 is 1.30 bits per heavy atom. The number of fused-ring (bicyclic) bond motifs is 1. The Labute approximate surface area is 134 Å². The molecule has 23 heavy (non-hydrogen) atoms. The summed E-state index contributed by atoms with van der Waals surface area (Å²) >= 11 is 1.35. The van der Waals surface area contributed by atoms with Gasteiger partial charge < -0.3 is 5.32 Å². The first-order chi connectivity index (χ1) is 11.2. The molecule has 0 unspecified atom stereocenters. The highest BCUT2D eigenvalue weighted by molar-refractivity contribution is 7.19. The van der Waals surface area contributed by atoms with E-state index in [1.807, 2.05) is 35.7 Å². The Hall–Kier alpha value is -3.07. The van der Waals surface area contributed by atoms with Crippen LogP contribution in [0.4, 0.5) is 5.69 Å². The number of hydrogen-bond donors (Lipinski definition) is 1. The molecule has 1 aromatic carbocycles. The Morgan fingerprint density at radius 3 is 3.00 bits per heavy atom. The van der Waals surface area contributed by atoms with Gasteiger partial charge in [0.25, 0.3) is 5.91 Å². The molecule has 9 heteroatoms. The van der Waals surface area contributed by atoms with Crippen LogP contribution in [0.5, 0.6) is 0 Å². The molecule has 4 aromatic rings. The molecule has 1 amide bonds. The van der Waals surface area contributed by atoms with Crippen molar-refractivity contribution in [3.63, 3.8) is 0 Å². The molecular formula is C14H11N7OS. The average Bonchev–Trinajstić information content (AvgIpc) is 3.22. The lowest BCUT2D eigenvalue weighted by molar-refractivity contribution is 0.103. The van der Waals surface area contributed by atoms with Crippen LogP contribution in [0.2, 0.25) is 0 Å². The molecule has 0 saturated carbocycles. The Balaban J connectivity index is 1.58. The van der Waals surface area contributed by atoms with Crippen LogP contribution >= 0.6 is 11.3 Å². The molecule has 0 aliphatic carbocycles. The number of aromatic nitrogens is 6. The van der Waals surface area contributed by atoms with Gasteiger partial charge in [0.1, 0.15) is 11.2 Å². The summed E-state index contributed by atoms with van der Waals surface area (Å²) in [5.74, 6) is -0.174. The van der Waals surface area contributed by atoms with E-state index in [9.17, 15) is 4.79 Å². The second kappa shape index (κ2) is 5.29. The van der Waals surface area contributed by atoms with Gasteiger partial charge in [-0.3, -0.25) is 9.20 Å². The predicted molar refractivity (Wildman–Crippen MR) is 84.9 cm³/mol. The fourth-order valence-electron chi connectivity index (χ4n) is 2.22. The van der Waals surface area contributed by atoms with Crippen LogP contribution in [0.1, 0.15) is 15.4 Å².